The zero-order chi connectivity index (χ0) is 32.5. The topological polar surface area (TPSA) is 44.2 Å². The fourth-order valence-electron chi connectivity index (χ4n) is 5.55. The summed E-state index contributed by atoms with van der Waals surface area (Å²) < 4.78 is 22.6. The van der Waals surface area contributed by atoms with Crippen LogP contribution in [0.25, 0.3) is 31.1 Å². The van der Waals surface area contributed by atoms with E-state index in [1.54, 1.807) is 5.79 Å². The van der Waals surface area contributed by atoms with Crippen molar-refractivity contribution < 1.29 is 9.47 Å². The number of benzene rings is 1. The number of aromatic nitrogens is 2. The van der Waals surface area contributed by atoms with E-state index in [-0.39, 0.29) is 0 Å². The predicted molar refractivity (Wildman–Crippen MR) is 208 cm³/mol. The maximum absolute atomic E-state index is 6.92. The summed E-state index contributed by atoms with van der Waals surface area (Å²) in [4.78, 5) is 17.5. The molecule has 3 heterocycles. The first-order valence-corrected chi connectivity index (χ1v) is 39.7. The van der Waals surface area contributed by atoms with E-state index in [2.05, 4.69) is 72.2 Å². The molecule has 3 aromatic heterocycles. The Bertz CT molecular complexity index is 1370. The summed E-state index contributed by atoms with van der Waals surface area (Å²) in [5, 5.41) is 4.80. The van der Waals surface area contributed by atoms with Gasteiger partial charge in [-0.05, 0) is 0 Å². The van der Waals surface area contributed by atoms with Crippen LogP contribution in [0, 0.1) is 0 Å². The second-order valence-corrected chi connectivity index (χ2v) is 48.2. The van der Waals surface area contributed by atoms with Gasteiger partial charge in [-0.3, -0.25) is 0 Å². The molecule has 0 unspecified atom stereocenters. The Labute approximate surface area is 293 Å². The van der Waals surface area contributed by atoms with Gasteiger partial charge in [0.25, 0.3) is 0 Å². The molecular formula is C36H56N2O2S3Sn2. The third-order valence-electron chi connectivity index (χ3n) is 8.28. The first-order chi connectivity index (χ1) is 21.6. The van der Waals surface area contributed by atoms with Crippen LogP contribution >= 0.6 is 34.2 Å². The molecule has 0 aliphatic heterocycles. The zero-order valence-corrected chi connectivity index (χ0v) is 37.3. The Morgan fingerprint density at radius 1 is 0.578 bits per heavy atom. The van der Waals surface area contributed by atoms with Crippen LogP contribution < -0.4 is 15.3 Å². The summed E-state index contributed by atoms with van der Waals surface area (Å²) in [6.07, 6.45) is 14.9. The summed E-state index contributed by atoms with van der Waals surface area (Å²) in [5.74, 6) is 1.80. The van der Waals surface area contributed by atoms with Crippen molar-refractivity contribution in [2.75, 3.05) is 13.2 Å². The van der Waals surface area contributed by atoms with Gasteiger partial charge < -0.3 is 0 Å². The number of hydrogen-bond acceptors (Lipinski definition) is 7. The van der Waals surface area contributed by atoms with Gasteiger partial charge in [0.15, 0.2) is 0 Å². The minimum absolute atomic E-state index is 0.694. The van der Waals surface area contributed by atoms with Crippen molar-refractivity contribution in [2.45, 2.75) is 121 Å². The van der Waals surface area contributed by atoms with Crippen LogP contribution in [0.5, 0.6) is 11.5 Å². The molecule has 0 bridgehead atoms. The Kier molecular flexibility index (Phi) is 14.9. The van der Waals surface area contributed by atoms with Gasteiger partial charge in [0.2, 0.25) is 0 Å². The number of thiophene rings is 2. The third kappa shape index (κ3) is 10.3. The zero-order valence-electron chi connectivity index (χ0n) is 29.1. The van der Waals surface area contributed by atoms with Crippen LogP contribution in [0.3, 0.4) is 0 Å². The number of nitrogens with zero attached hydrogens (tertiary/aromatic N) is 2. The molecule has 9 heteroatoms. The van der Waals surface area contributed by atoms with E-state index in [0.717, 1.165) is 45.7 Å². The predicted octanol–water partition coefficient (Wildman–Crippen LogP) is 11.7. The fourth-order valence-corrected chi connectivity index (χ4v) is 19.0. The van der Waals surface area contributed by atoms with Gasteiger partial charge in [-0.25, -0.2) is 0 Å². The second kappa shape index (κ2) is 17.9. The molecule has 4 aromatic rings. The van der Waals surface area contributed by atoms with Crippen molar-refractivity contribution >= 4 is 87.0 Å². The molecule has 0 saturated carbocycles. The second-order valence-electron chi connectivity index (χ2n) is 14.4. The van der Waals surface area contributed by atoms with Gasteiger partial charge in [-0.15, -0.1) is 0 Å². The molecule has 4 nitrogen and oxygen atoms in total. The molecule has 0 atom stereocenters. The van der Waals surface area contributed by atoms with E-state index < -0.39 is 36.8 Å². The molecule has 0 aliphatic carbocycles. The van der Waals surface area contributed by atoms with E-state index in [4.69, 9.17) is 14.6 Å². The molecule has 0 N–H and O–H groups in total. The van der Waals surface area contributed by atoms with E-state index in [9.17, 15) is 0 Å². The van der Waals surface area contributed by atoms with E-state index in [1.165, 1.54) is 85.5 Å². The van der Waals surface area contributed by atoms with Crippen LogP contribution in [0.15, 0.2) is 24.3 Å². The van der Waals surface area contributed by atoms with E-state index in [1.807, 2.05) is 22.7 Å². The Morgan fingerprint density at radius 3 is 1.49 bits per heavy atom. The fraction of sp³-hybridized carbons (Fsp3) is 0.611. The average molecular weight is 882 g/mol. The Hall–Kier alpha value is -0.363. The number of unbranched alkanes of at least 4 members (excludes halogenated alkanes) is 10. The number of hydrogen-bond donors (Lipinski definition) is 0. The molecule has 4 rings (SSSR count). The minimum atomic E-state index is -2.27. The van der Waals surface area contributed by atoms with Gasteiger partial charge >= 0.3 is 270 Å². The van der Waals surface area contributed by atoms with E-state index in [0.29, 0.717) is 13.2 Å². The van der Waals surface area contributed by atoms with Crippen molar-refractivity contribution in [3.8, 4) is 32.4 Å². The third-order valence-corrected chi connectivity index (χ3v) is 30.2. The summed E-state index contributed by atoms with van der Waals surface area (Å²) in [6.45, 7) is 5.95. The van der Waals surface area contributed by atoms with Crippen molar-refractivity contribution in [3.63, 3.8) is 0 Å². The van der Waals surface area contributed by atoms with Crippen molar-refractivity contribution in [1.82, 2.24) is 9.59 Å². The molecule has 0 fully saturated rings. The van der Waals surface area contributed by atoms with Crippen LogP contribution in [0.2, 0.25) is 29.6 Å². The van der Waals surface area contributed by atoms with Crippen LogP contribution in [0.4, 0.5) is 0 Å². The first-order valence-electron chi connectivity index (χ1n) is 17.3. The number of fused-ring (bicyclic) bond motifs is 1. The molecule has 248 valence electrons. The summed E-state index contributed by atoms with van der Waals surface area (Å²) in [7, 11) is 0. The van der Waals surface area contributed by atoms with E-state index >= 15 is 0 Å². The maximum atomic E-state index is 6.92. The quantitative estimate of drug-likeness (QED) is 0.0655. The molecule has 0 amide bonds. The van der Waals surface area contributed by atoms with Gasteiger partial charge in [-0.1, -0.05) is 26.7 Å². The molecule has 0 aliphatic rings. The van der Waals surface area contributed by atoms with Gasteiger partial charge in [0.05, 0.1) is 0 Å². The number of rotatable bonds is 20. The first kappa shape index (κ1) is 37.5. The molecule has 0 saturated heterocycles. The average Bonchev–Trinajstić information content (AvgIpc) is 3.77. The Morgan fingerprint density at radius 2 is 1.02 bits per heavy atom. The molecule has 1 aromatic carbocycles. The van der Waals surface area contributed by atoms with Gasteiger partial charge in [-0.2, -0.15) is 0 Å². The monoisotopic (exact) mass is 884 g/mol. The van der Waals surface area contributed by atoms with Crippen molar-refractivity contribution in [3.05, 3.63) is 24.3 Å². The molecule has 45 heavy (non-hydrogen) atoms. The summed E-state index contributed by atoms with van der Waals surface area (Å²) >= 11 is 0.877. The summed E-state index contributed by atoms with van der Waals surface area (Å²) in [5.41, 5.74) is 3.20. The molecule has 0 radical (unpaired) electrons. The van der Waals surface area contributed by atoms with Gasteiger partial charge in [0, 0.05) is 0 Å². The van der Waals surface area contributed by atoms with Crippen LogP contribution in [-0.2, 0) is 0 Å². The molecule has 0 spiro atoms. The normalized spacial score (nSPS) is 12.4. The molecular weight excluding hydrogens is 826 g/mol. The van der Waals surface area contributed by atoms with Gasteiger partial charge in [0.1, 0.15) is 0 Å². The SMILES string of the molecule is CCCCCCCCOc1c(OCCCCCCCC)c(-c2cc[c]([Sn]([CH3])([CH3])[CH3])s2)c2snnc2c1-c1cc[c]([Sn]([CH3])([CH3])[CH3])s1. The Balaban J connectivity index is 1.81. The number of ether oxygens (including phenoxy) is 2. The standard InChI is InChI=1S/C30H38N2O2S3.6CH3.2Sn/c1-3-5-7-9-11-13-19-33-28-25(23-17-15-21-35-23)27-30(37-32-31-27)26(24-18-16-22-36-24)29(28)34-20-14-12-10-8-6-4-2;;;;;;;;/h15-18H,3-14,19-20H2,1-2H3;6*1H3;;. The van der Waals surface area contributed by atoms with Crippen molar-refractivity contribution in [1.29, 1.82) is 0 Å². The van der Waals surface area contributed by atoms with Crippen LogP contribution in [0.1, 0.15) is 90.9 Å². The van der Waals surface area contributed by atoms with Crippen molar-refractivity contribution in [2.24, 2.45) is 0 Å². The summed E-state index contributed by atoms with van der Waals surface area (Å²) in [6, 6.07) is 9.37. The van der Waals surface area contributed by atoms with Crippen LogP contribution in [-0.4, -0.2) is 59.6 Å².